The molecule has 0 amide bonds. The quantitative estimate of drug-likeness (QED) is 0.814. The molecule has 2 atom stereocenters. The van der Waals surface area contributed by atoms with E-state index in [2.05, 4.69) is 36.5 Å². The number of thioether (sulfide) groups is 1. The number of nitrogens with one attached hydrogen (secondary N) is 1. The lowest BCUT2D eigenvalue weighted by Crippen LogP contribution is -2.31. The molecule has 0 radical (unpaired) electrons. The van der Waals surface area contributed by atoms with Crippen LogP contribution in [0, 0.1) is 0 Å². The van der Waals surface area contributed by atoms with E-state index in [9.17, 15) is 5.11 Å². The van der Waals surface area contributed by atoms with Crippen LogP contribution in [0.1, 0.15) is 25.3 Å². The Kier molecular flexibility index (Phi) is 4.89. The van der Waals surface area contributed by atoms with Crippen LogP contribution in [0.2, 0.25) is 0 Å². The van der Waals surface area contributed by atoms with Crippen LogP contribution in [0.3, 0.4) is 0 Å². The van der Waals surface area contributed by atoms with E-state index in [4.69, 9.17) is 0 Å². The van der Waals surface area contributed by atoms with Gasteiger partial charge in [-0.2, -0.15) is 0 Å². The van der Waals surface area contributed by atoms with Crippen LogP contribution in [-0.2, 0) is 6.42 Å². The first kappa shape index (κ1) is 12.9. The van der Waals surface area contributed by atoms with Crippen LogP contribution in [0.5, 0.6) is 0 Å². The summed E-state index contributed by atoms with van der Waals surface area (Å²) >= 11 is 1.96. The SMILES string of the molecule is CCCC(O)CNCC1Cc2ccccc2S1. The highest BCUT2D eigenvalue weighted by molar-refractivity contribution is 8.00. The lowest BCUT2D eigenvalue weighted by molar-refractivity contribution is 0.161. The van der Waals surface area contributed by atoms with Crippen LogP contribution >= 0.6 is 11.8 Å². The summed E-state index contributed by atoms with van der Waals surface area (Å²) in [7, 11) is 0. The van der Waals surface area contributed by atoms with Gasteiger partial charge in [0.2, 0.25) is 0 Å². The van der Waals surface area contributed by atoms with Crippen molar-refractivity contribution >= 4 is 11.8 Å². The first-order chi connectivity index (χ1) is 8.29. The van der Waals surface area contributed by atoms with Gasteiger partial charge in [0.25, 0.3) is 0 Å². The Labute approximate surface area is 108 Å². The topological polar surface area (TPSA) is 32.3 Å². The minimum absolute atomic E-state index is 0.186. The molecule has 17 heavy (non-hydrogen) atoms. The molecule has 0 fully saturated rings. The van der Waals surface area contributed by atoms with Gasteiger partial charge in [0.05, 0.1) is 6.10 Å². The molecule has 1 aromatic carbocycles. The molecule has 3 heteroatoms. The van der Waals surface area contributed by atoms with Crippen LogP contribution in [-0.4, -0.2) is 29.5 Å². The minimum Gasteiger partial charge on any atom is -0.392 e. The molecule has 1 aliphatic rings. The number of rotatable bonds is 6. The molecule has 2 nitrogen and oxygen atoms in total. The summed E-state index contributed by atoms with van der Waals surface area (Å²) in [5.74, 6) is 0. The highest BCUT2D eigenvalue weighted by Gasteiger charge is 2.21. The van der Waals surface area contributed by atoms with E-state index in [1.807, 2.05) is 11.8 Å². The van der Waals surface area contributed by atoms with Crippen molar-refractivity contribution in [1.82, 2.24) is 5.32 Å². The van der Waals surface area contributed by atoms with Gasteiger partial charge in [-0.05, 0) is 24.5 Å². The number of fused-ring (bicyclic) bond motifs is 1. The van der Waals surface area contributed by atoms with Gasteiger partial charge in [-0.15, -0.1) is 11.8 Å². The molecule has 0 aliphatic carbocycles. The zero-order chi connectivity index (χ0) is 12.1. The van der Waals surface area contributed by atoms with Crippen molar-refractivity contribution in [3.63, 3.8) is 0 Å². The van der Waals surface area contributed by atoms with E-state index < -0.39 is 0 Å². The van der Waals surface area contributed by atoms with E-state index in [1.165, 1.54) is 10.5 Å². The monoisotopic (exact) mass is 251 g/mol. The molecule has 0 spiro atoms. The van der Waals surface area contributed by atoms with Gasteiger partial charge in [0.1, 0.15) is 0 Å². The molecule has 1 aromatic rings. The van der Waals surface area contributed by atoms with Crippen molar-refractivity contribution in [1.29, 1.82) is 0 Å². The predicted octanol–water partition coefficient (Wildman–Crippen LogP) is 2.45. The fraction of sp³-hybridized carbons (Fsp3) is 0.571. The van der Waals surface area contributed by atoms with E-state index in [1.54, 1.807) is 0 Å². The van der Waals surface area contributed by atoms with Crippen LogP contribution in [0.15, 0.2) is 29.2 Å². The summed E-state index contributed by atoms with van der Waals surface area (Å²) in [4.78, 5) is 1.42. The van der Waals surface area contributed by atoms with Crippen LogP contribution in [0.25, 0.3) is 0 Å². The molecule has 0 saturated heterocycles. The Bertz CT molecular complexity index is 331. The second kappa shape index (κ2) is 6.43. The van der Waals surface area contributed by atoms with Crippen molar-refractivity contribution in [3.8, 4) is 0 Å². The van der Waals surface area contributed by atoms with Crippen molar-refractivity contribution < 1.29 is 5.11 Å². The maximum absolute atomic E-state index is 9.63. The average Bonchev–Trinajstić information content (AvgIpc) is 2.71. The van der Waals surface area contributed by atoms with E-state index >= 15 is 0 Å². The van der Waals surface area contributed by atoms with Crippen molar-refractivity contribution in [2.45, 2.75) is 42.4 Å². The van der Waals surface area contributed by atoms with Crippen molar-refractivity contribution in [2.75, 3.05) is 13.1 Å². The third-order valence-electron chi connectivity index (χ3n) is 3.09. The molecule has 2 rings (SSSR count). The molecular weight excluding hydrogens is 230 g/mol. The molecular formula is C14H21NOS. The summed E-state index contributed by atoms with van der Waals surface area (Å²) in [6.07, 6.45) is 2.91. The number of aliphatic hydroxyl groups excluding tert-OH is 1. The normalized spacial score (nSPS) is 20.2. The van der Waals surface area contributed by atoms with Crippen molar-refractivity contribution in [2.24, 2.45) is 0 Å². The maximum atomic E-state index is 9.63. The Balaban J connectivity index is 1.70. The van der Waals surface area contributed by atoms with E-state index in [-0.39, 0.29) is 6.10 Å². The smallest absolute Gasteiger partial charge is 0.0664 e. The van der Waals surface area contributed by atoms with Gasteiger partial charge in [-0.1, -0.05) is 31.5 Å². The van der Waals surface area contributed by atoms with Crippen molar-refractivity contribution in [3.05, 3.63) is 29.8 Å². The van der Waals surface area contributed by atoms with Gasteiger partial charge in [-0.3, -0.25) is 0 Å². The summed E-state index contributed by atoms with van der Waals surface area (Å²) in [5, 5.41) is 13.6. The fourth-order valence-electron chi connectivity index (χ4n) is 2.21. The second-order valence-corrected chi connectivity index (χ2v) is 5.99. The first-order valence-electron chi connectivity index (χ1n) is 6.43. The molecule has 1 heterocycles. The predicted molar refractivity (Wildman–Crippen MR) is 73.6 cm³/mol. The van der Waals surface area contributed by atoms with Crippen LogP contribution < -0.4 is 5.32 Å². The van der Waals surface area contributed by atoms with Gasteiger partial charge >= 0.3 is 0 Å². The summed E-state index contributed by atoms with van der Waals surface area (Å²) < 4.78 is 0. The van der Waals surface area contributed by atoms with Gasteiger partial charge in [0, 0.05) is 23.2 Å². The zero-order valence-corrected chi connectivity index (χ0v) is 11.2. The average molecular weight is 251 g/mol. The Morgan fingerprint density at radius 3 is 3.06 bits per heavy atom. The maximum Gasteiger partial charge on any atom is 0.0664 e. The lowest BCUT2D eigenvalue weighted by atomic mass is 10.1. The molecule has 0 saturated carbocycles. The van der Waals surface area contributed by atoms with Gasteiger partial charge in [0.15, 0.2) is 0 Å². The Hall–Kier alpha value is -0.510. The van der Waals surface area contributed by atoms with Crippen LogP contribution in [0.4, 0.5) is 0 Å². The molecule has 2 unspecified atom stereocenters. The largest absolute Gasteiger partial charge is 0.392 e. The summed E-state index contributed by atoms with van der Waals surface area (Å²) in [5.41, 5.74) is 1.47. The minimum atomic E-state index is -0.186. The van der Waals surface area contributed by atoms with E-state index in [0.29, 0.717) is 5.25 Å². The molecule has 0 aromatic heterocycles. The lowest BCUT2D eigenvalue weighted by Gasteiger charge is -2.13. The second-order valence-electron chi connectivity index (χ2n) is 4.65. The standard InChI is InChI=1S/C14H21NOS/c1-2-5-12(16)9-15-10-13-8-11-6-3-4-7-14(11)17-13/h3-4,6-7,12-13,15-16H,2,5,8-10H2,1H3. The Morgan fingerprint density at radius 1 is 1.47 bits per heavy atom. The summed E-state index contributed by atoms with van der Waals surface area (Å²) in [6.45, 7) is 3.81. The van der Waals surface area contributed by atoms with E-state index in [0.717, 1.165) is 32.4 Å². The molecule has 2 N–H and O–H groups in total. The summed E-state index contributed by atoms with van der Waals surface area (Å²) in [6, 6.07) is 8.63. The third kappa shape index (κ3) is 3.73. The number of hydrogen-bond donors (Lipinski definition) is 2. The highest BCUT2D eigenvalue weighted by Crippen LogP contribution is 2.36. The first-order valence-corrected chi connectivity index (χ1v) is 7.31. The number of benzene rings is 1. The number of aliphatic hydroxyl groups is 1. The van der Waals surface area contributed by atoms with Gasteiger partial charge in [-0.25, -0.2) is 0 Å². The number of hydrogen-bond acceptors (Lipinski definition) is 3. The fourth-order valence-corrected chi connectivity index (χ4v) is 3.50. The highest BCUT2D eigenvalue weighted by atomic mass is 32.2. The molecule has 1 aliphatic heterocycles. The zero-order valence-electron chi connectivity index (χ0n) is 10.4. The molecule has 94 valence electrons. The van der Waals surface area contributed by atoms with Gasteiger partial charge < -0.3 is 10.4 Å². The Morgan fingerprint density at radius 2 is 2.29 bits per heavy atom. The molecule has 0 bridgehead atoms. The third-order valence-corrected chi connectivity index (χ3v) is 4.41.